The number of benzene rings is 1. The van der Waals surface area contributed by atoms with Crippen LogP contribution in [0.5, 0.6) is 5.75 Å². The third kappa shape index (κ3) is 3.27. The summed E-state index contributed by atoms with van der Waals surface area (Å²) in [6.07, 6.45) is 3.17. The first-order valence-corrected chi connectivity index (χ1v) is 7.27. The van der Waals surface area contributed by atoms with Gasteiger partial charge in [-0.15, -0.1) is 0 Å². The lowest BCUT2D eigenvalue weighted by Crippen LogP contribution is -2.14. The zero-order valence-corrected chi connectivity index (χ0v) is 13.6. The van der Waals surface area contributed by atoms with Crippen molar-refractivity contribution < 1.29 is 4.74 Å². The molecule has 1 aromatic carbocycles. The number of methoxy groups -OCH3 is 1. The summed E-state index contributed by atoms with van der Waals surface area (Å²) in [6, 6.07) is 0.270. The Morgan fingerprint density at radius 3 is 2.28 bits per heavy atom. The van der Waals surface area contributed by atoms with Crippen LogP contribution in [-0.4, -0.2) is 13.2 Å². The van der Waals surface area contributed by atoms with Crippen LogP contribution in [-0.2, 0) is 6.42 Å². The molecule has 0 bridgehead atoms. The molecule has 0 aliphatic carbocycles. The van der Waals surface area contributed by atoms with Crippen molar-refractivity contribution in [2.24, 2.45) is 5.73 Å². The van der Waals surface area contributed by atoms with Crippen LogP contribution in [0.25, 0.3) is 0 Å². The summed E-state index contributed by atoms with van der Waals surface area (Å²) in [5.74, 6) is 1.04. The summed E-state index contributed by atoms with van der Waals surface area (Å²) in [6.45, 7) is 8.45. The van der Waals surface area contributed by atoms with Crippen LogP contribution in [0.4, 0.5) is 0 Å². The topological polar surface area (TPSA) is 35.2 Å². The maximum atomic E-state index is 5.81. The molecule has 2 N–H and O–H groups in total. The standard InChI is InChI=1S/C15H24BrNO/c1-9(17)7-6-8-13-12(4)14(16)10(2)11(3)15(13)18-5/h9H,6-8,17H2,1-5H3. The van der Waals surface area contributed by atoms with E-state index >= 15 is 0 Å². The highest BCUT2D eigenvalue weighted by Gasteiger charge is 2.16. The molecular formula is C15H24BrNO. The summed E-state index contributed by atoms with van der Waals surface area (Å²) < 4.78 is 6.80. The van der Waals surface area contributed by atoms with E-state index in [1.54, 1.807) is 7.11 Å². The fraction of sp³-hybridized carbons (Fsp3) is 0.600. The average Bonchev–Trinajstić information content (AvgIpc) is 2.33. The molecule has 18 heavy (non-hydrogen) atoms. The van der Waals surface area contributed by atoms with E-state index in [0.29, 0.717) is 0 Å². The Labute approximate surface area is 119 Å². The van der Waals surface area contributed by atoms with Crippen molar-refractivity contribution >= 4 is 15.9 Å². The van der Waals surface area contributed by atoms with Gasteiger partial charge in [0.15, 0.2) is 0 Å². The summed E-state index contributed by atoms with van der Waals surface area (Å²) in [4.78, 5) is 0. The maximum absolute atomic E-state index is 5.81. The molecule has 0 amide bonds. The van der Waals surface area contributed by atoms with Crippen molar-refractivity contribution in [2.45, 2.75) is 53.0 Å². The van der Waals surface area contributed by atoms with Gasteiger partial charge in [-0.3, -0.25) is 0 Å². The SMILES string of the molecule is COc1c(C)c(C)c(Br)c(C)c1CCCC(C)N. The van der Waals surface area contributed by atoms with Gasteiger partial charge in [-0.1, -0.05) is 15.9 Å². The second kappa shape index (κ2) is 6.58. The van der Waals surface area contributed by atoms with Gasteiger partial charge in [0.1, 0.15) is 5.75 Å². The predicted octanol–water partition coefficient (Wildman–Crippen LogP) is 4.05. The lowest BCUT2D eigenvalue weighted by molar-refractivity contribution is 0.404. The molecule has 1 atom stereocenters. The number of rotatable bonds is 5. The predicted molar refractivity (Wildman–Crippen MR) is 81.5 cm³/mol. The molecule has 0 aromatic heterocycles. The van der Waals surface area contributed by atoms with E-state index in [1.165, 1.54) is 26.7 Å². The van der Waals surface area contributed by atoms with Gasteiger partial charge in [-0.05, 0) is 69.2 Å². The van der Waals surface area contributed by atoms with Crippen molar-refractivity contribution in [1.29, 1.82) is 0 Å². The zero-order valence-electron chi connectivity index (χ0n) is 12.1. The number of halogens is 1. The fourth-order valence-electron chi connectivity index (χ4n) is 2.32. The molecule has 0 aliphatic heterocycles. The molecule has 3 heteroatoms. The van der Waals surface area contributed by atoms with Gasteiger partial charge in [-0.25, -0.2) is 0 Å². The quantitative estimate of drug-likeness (QED) is 0.890. The zero-order chi connectivity index (χ0) is 13.9. The van der Waals surface area contributed by atoms with Gasteiger partial charge < -0.3 is 10.5 Å². The van der Waals surface area contributed by atoms with E-state index < -0.39 is 0 Å². The molecule has 0 radical (unpaired) electrons. The molecule has 0 spiro atoms. The molecule has 0 heterocycles. The Hall–Kier alpha value is -0.540. The summed E-state index contributed by atoms with van der Waals surface area (Å²) in [7, 11) is 1.75. The van der Waals surface area contributed by atoms with Gasteiger partial charge in [-0.2, -0.15) is 0 Å². The average molecular weight is 314 g/mol. The first-order chi connectivity index (χ1) is 8.40. The van der Waals surface area contributed by atoms with Gasteiger partial charge in [0, 0.05) is 10.5 Å². The third-order valence-electron chi connectivity index (χ3n) is 3.58. The highest BCUT2D eigenvalue weighted by atomic mass is 79.9. The first-order valence-electron chi connectivity index (χ1n) is 6.47. The molecule has 2 nitrogen and oxygen atoms in total. The van der Waals surface area contributed by atoms with Crippen molar-refractivity contribution in [2.75, 3.05) is 7.11 Å². The molecular weight excluding hydrogens is 290 g/mol. The van der Waals surface area contributed by atoms with E-state index in [9.17, 15) is 0 Å². The minimum atomic E-state index is 0.270. The van der Waals surface area contributed by atoms with E-state index in [-0.39, 0.29) is 6.04 Å². The Balaban J connectivity index is 3.09. The van der Waals surface area contributed by atoms with Gasteiger partial charge in [0.05, 0.1) is 7.11 Å². The maximum Gasteiger partial charge on any atom is 0.125 e. The van der Waals surface area contributed by atoms with Crippen LogP contribution in [0.3, 0.4) is 0 Å². The number of nitrogens with two attached hydrogens (primary N) is 1. The van der Waals surface area contributed by atoms with Crippen molar-refractivity contribution in [3.8, 4) is 5.75 Å². The number of hydrogen-bond donors (Lipinski definition) is 1. The Bertz CT molecular complexity index is 427. The minimum Gasteiger partial charge on any atom is -0.496 e. The second-order valence-corrected chi connectivity index (χ2v) is 5.86. The Kier molecular flexibility index (Phi) is 5.67. The molecule has 0 saturated carbocycles. The van der Waals surface area contributed by atoms with Crippen LogP contribution in [0.2, 0.25) is 0 Å². The molecule has 0 aliphatic rings. The Morgan fingerprint density at radius 2 is 1.78 bits per heavy atom. The normalized spacial score (nSPS) is 12.6. The molecule has 1 aromatic rings. The van der Waals surface area contributed by atoms with E-state index in [2.05, 4.69) is 43.6 Å². The van der Waals surface area contributed by atoms with E-state index in [0.717, 1.165) is 25.0 Å². The first kappa shape index (κ1) is 15.5. The summed E-state index contributed by atoms with van der Waals surface area (Å²) in [5, 5.41) is 0. The highest BCUT2D eigenvalue weighted by molar-refractivity contribution is 9.10. The molecule has 1 unspecified atom stereocenters. The molecule has 0 fully saturated rings. The van der Waals surface area contributed by atoms with Gasteiger partial charge in [0.2, 0.25) is 0 Å². The Morgan fingerprint density at radius 1 is 1.17 bits per heavy atom. The van der Waals surface area contributed by atoms with Crippen LogP contribution in [0.15, 0.2) is 4.47 Å². The third-order valence-corrected chi connectivity index (χ3v) is 4.77. The lowest BCUT2D eigenvalue weighted by Gasteiger charge is -2.19. The number of ether oxygens (including phenoxy) is 1. The van der Waals surface area contributed by atoms with Crippen molar-refractivity contribution in [3.63, 3.8) is 0 Å². The van der Waals surface area contributed by atoms with E-state index in [4.69, 9.17) is 10.5 Å². The monoisotopic (exact) mass is 313 g/mol. The minimum absolute atomic E-state index is 0.270. The fourth-order valence-corrected chi connectivity index (χ4v) is 2.86. The molecule has 102 valence electrons. The van der Waals surface area contributed by atoms with Crippen molar-refractivity contribution in [1.82, 2.24) is 0 Å². The smallest absolute Gasteiger partial charge is 0.125 e. The lowest BCUT2D eigenvalue weighted by atomic mass is 9.95. The van der Waals surface area contributed by atoms with Crippen molar-refractivity contribution in [3.05, 3.63) is 26.7 Å². The van der Waals surface area contributed by atoms with Crippen LogP contribution < -0.4 is 10.5 Å². The second-order valence-electron chi connectivity index (χ2n) is 5.07. The molecule has 0 saturated heterocycles. The largest absolute Gasteiger partial charge is 0.496 e. The number of hydrogen-bond acceptors (Lipinski definition) is 2. The van der Waals surface area contributed by atoms with Crippen LogP contribution in [0.1, 0.15) is 42.0 Å². The van der Waals surface area contributed by atoms with Crippen LogP contribution >= 0.6 is 15.9 Å². The summed E-state index contributed by atoms with van der Waals surface area (Å²) in [5.41, 5.74) is 10.9. The van der Waals surface area contributed by atoms with Gasteiger partial charge in [0.25, 0.3) is 0 Å². The van der Waals surface area contributed by atoms with Crippen LogP contribution in [0, 0.1) is 20.8 Å². The summed E-state index contributed by atoms with van der Waals surface area (Å²) >= 11 is 3.68. The van der Waals surface area contributed by atoms with Gasteiger partial charge >= 0.3 is 0 Å². The molecule has 1 rings (SSSR count). The highest BCUT2D eigenvalue weighted by Crippen LogP contribution is 2.36. The van der Waals surface area contributed by atoms with E-state index in [1.807, 2.05) is 0 Å².